The van der Waals surface area contributed by atoms with E-state index in [-0.39, 0.29) is 5.41 Å². The van der Waals surface area contributed by atoms with Crippen molar-refractivity contribution >= 4 is 12.6 Å². The van der Waals surface area contributed by atoms with Crippen LogP contribution in [-0.2, 0) is 0 Å². The van der Waals surface area contributed by atoms with Gasteiger partial charge in [0.25, 0.3) is 0 Å². The SMILES string of the molecule is CCC(CC)(CS)COc1c(C)ccc(C)c1C. The summed E-state index contributed by atoms with van der Waals surface area (Å²) >= 11 is 4.50. The molecule has 1 aromatic rings. The summed E-state index contributed by atoms with van der Waals surface area (Å²) in [4.78, 5) is 0. The summed E-state index contributed by atoms with van der Waals surface area (Å²) in [5, 5.41) is 0. The van der Waals surface area contributed by atoms with Gasteiger partial charge < -0.3 is 4.74 Å². The fourth-order valence-corrected chi connectivity index (χ4v) is 2.63. The molecule has 0 saturated heterocycles. The standard InChI is InChI=1S/C16H26OS/c1-6-16(7-2,11-18)10-17-15-13(4)9-8-12(3)14(15)5/h8-9,18H,6-7,10-11H2,1-5H3. The fourth-order valence-electron chi connectivity index (χ4n) is 2.10. The molecule has 0 fully saturated rings. The highest BCUT2D eigenvalue weighted by atomic mass is 32.1. The van der Waals surface area contributed by atoms with E-state index in [1.807, 2.05) is 0 Å². The van der Waals surface area contributed by atoms with Crippen LogP contribution in [0.1, 0.15) is 43.4 Å². The molecule has 0 aliphatic heterocycles. The first kappa shape index (κ1) is 15.4. The molecule has 0 atom stereocenters. The number of ether oxygens (including phenoxy) is 1. The predicted molar refractivity (Wildman–Crippen MR) is 83.0 cm³/mol. The Balaban J connectivity index is 2.89. The number of hydrogen-bond acceptors (Lipinski definition) is 2. The number of aryl methyl sites for hydroxylation is 2. The molecule has 0 amide bonds. The van der Waals surface area contributed by atoms with Crippen LogP contribution in [0.15, 0.2) is 12.1 Å². The van der Waals surface area contributed by atoms with Crippen molar-refractivity contribution < 1.29 is 4.74 Å². The van der Waals surface area contributed by atoms with Gasteiger partial charge in [0.2, 0.25) is 0 Å². The summed E-state index contributed by atoms with van der Waals surface area (Å²) < 4.78 is 6.14. The van der Waals surface area contributed by atoms with Gasteiger partial charge in [-0.15, -0.1) is 0 Å². The molecule has 18 heavy (non-hydrogen) atoms. The lowest BCUT2D eigenvalue weighted by molar-refractivity contribution is 0.155. The molecule has 0 aliphatic rings. The van der Waals surface area contributed by atoms with Crippen LogP contribution in [0.4, 0.5) is 0 Å². The highest BCUT2D eigenvalue weighted by molar-refractivity contribution is 7.80. The van der Waals surface area contributed by atoms with Gasteiger partial charge in [-0.3, -0.25) is 0 Å². The minimum Gasteiger partial charge on any atom is -0.492 e. The molecule has 0 bridgehead atoms. The Morgan fingerprint density at radius 1 is 1.06 bits per heavy atom. The second kappa shape index (κ2) is 6.51. The van der Waals surface area contributed by atoms with Crippen LogP contribution in [0.3, 0.4) is 0 Å². The third-order valence-corrected chi connectivity index (χ3v) is 4.90. The van der Waals surface area contributed by atoms with E-state index in [0.717, 1.165) is 31.0 Å². The van der Waals surface area contributed by atoms with Gasteiger partial charge in [-0.1, -0.05) is 26.0 Å². The summed E-state index contributed by atoms with van der Waals surface area (Å²) in [6, 6.07) is 4.29. The maximum absolute atomic E-state index is 6.14. The zero-order chi connectivity index (χ0) is 13.8. The molecule has 0 spiro atoms. The molecule has 1 aromatic carbocycles. The van der Waals surface area contributed by atoms with E-state index in [1.54, 1.807) is 0 Å². The Morgan fingerprint density at radius 2 is 1.61 bits per heavy atom. The Morgan fingerprint density at radius 3 is 2.11 bits per heavy atom. The molecule has 0 unspecified atom stereocenters. The summed E-state index contributed by atoms with van der Waals surface area (Å²) in [5.41, 5.74) is 3.97. The Kier molecular flexibility index (Phi) is 5.58. The molecule has 0 N–H and O–H groups in total. The molecular weight excluding hydrogens is 240 g/mol. The molecular formula is C16H26OS. The van der Waals surface area contributed by atoms with E-state index in [9.17, 15) is 0 Å². The zero-order valence-corrected chi connectivity index (χ0v) is 13.2. The van der Waals surface area contributed by atoms with Gasteiger partial charge in [-0.05, 0) is 56.1 Å². The highest BCUT2D eigenvalue weighted by Gasteiger charge is 2.26. The quantitative estimate of drug-likeness (QED) is 0.733. The lowest BCUT2D eigenvalue weighted by Crippen LogP contribution is -2.29. The van der Waals surface area contributed by atoms with Gasteiger partial charge >= 0.3 is 0 Å². The van der Waals surface area contributed by atoms with Gasteiger partial charge in [0.05, 0.1) is 6.61 Å². The van der Waals surface area contributed by atoms with Gasteiger partial charge in [0, 0.05) is 5.41 Å². The van der Waals surface area contributed by atoms with Crippen LogP contribution in [0, 0.1) is 26.2 Å². The topological polar surface area (TPSA) is 9.23 Å². The van der Waals surface area contributed by atoms with Crippen LogP contribution >= 0.6 is 12.6 Å². The van der Waals surface area contributed by atoms with E-state index in [2.05, 4.69) is 59.4 Å². The molecule has 0 heterocycles. The third-order valence-electron chi connectivity index (χ3n) is 4.23. The van der Waals surface area contributed by atoms with E-state index in [1.165, 1.54) is 16.7 Å². The molecule has 0 saturated carbocycles. The van der Waals surface area contributed by atoms with Crippen LogP contribution in [0.25, 0.3) is 0 Å². The average Bonchev–Trinajstić information content (AvgIpc) is 2.39. The number of hydrogen-bond donors (Lipinski definition) is 1. The van der Waals surface area contributed by atoms with Gasteiger partial charge in [0.15, 0.2) is 0 Å². The molecule has 102 valence electrons. The van der Waals surface area contributed by atoms with E-state index < -0.39 is 0 Å². The summed E-state index contributed by atoms with van der Waals surface area (Å²) in [6.07, 6.45) is 2.22. The summed E-state index contributed by atoms with van der Waals surface area (Å²) in [7, 11) is 0. The largest absolute Gasteiger partial charge is 0.492 e. The van der Waals surface area contributed by atoms with Crippen LogP contribution in [0.2, 0.25) is 0 Å². The lowest BCUT2D eigenvalue weighted by atomic mass is 9.85. The van der Waals surface area contributed by atoms with Crippen molar-refractivity contribution in [3.63, 3.8) is 0 Å². The first-order valence-corrected chi connectivity index (χ1v) is 7.43. The van der Waals surface area contributed by atoms with Crippen molar-refractivity contribution in [1.29, 1.82) is 0 Å². The highest BCUT2D eigenvalue weighted by Crippen LogP contribution is 2.32. The third kappa shape index (κ3) is 3.23. The normalized spacial score (nSPS) is 11.7. The minimum atomic E-state index is 0.200. The van der Waals surface area contributed by atoms with Crippen LogP contribution < -0.4 is 4.74 Å². The number of thiol groups is 1. The van der Waals surface area contributed by atoms with E-state index >= 15 is 0 Å². The van der Waals surface area contributed by atoms with Crippen molar-refractivity contribution in [2.75, 3.05) is 12.4 Å². The Bertz CT molecular complexity index is 386. The smallest absolute Gasteiger partial charge is 0.125 e. The summed E-state index contributed by atoms with van der Waals surface area (Å²) in [5.74, 6) is 1.94. The zero-order valence-electron chi connectivity index (χ0n) is 12.3. The molecule has 0 aromatic heterocycles. The first-order chi connectivity index (χ1) is 8.49. The maximum Gasteiger partial charge on any atom is 0.125 e. The van der Waals surface area contributed by atoms with E-state index in [4.69, 9.17) is 4.74 Å². The van der Waals surface area contributed by atoms with Gasteiger partial charge in [-0.2, -0.15) is 12.6 Å². The van der Waals surface area contributed by atoms with Gasteiger partial charge in [0.1, 0.15) is 5.75 Å². The Hall–Kier alpha value is -0.630. The number of benzene rings is 1. The van der Waals surface area contributed by atoms with Crippen LogP contribution in [0.5, 0.6) is 5.75 Å². The fraction of sp³-hybridized carbons (Fsp3) is 0.625. The van der Waals surface area contributed by atoms with Crippen molar-refractivity contribution in [2.24, 2.45) is 5.41 Å². The minimum absolute atomic E-state index is 0.200. The molecule has 0 aliphatic carbocycles. The average molecular weight is 266 g/mol. The summed E-state index contributed by atoms with van der Waals surface area (Å²) in [6.45, 7) is 11.6. The second-order valence-electron chi connectivity index (χ2n) is 5.31. The van der Waals surface area contributed by atoms with Crippen molar-refractivity contribution in [2.45, 2.75) is 47.5 Å². The van der Waals surface area contributed by atoms with Crippen molar-refractivity contribution in [1.82, 2.24) is 0 Å². The lowest BCUT2D eigenvalue weighted by Gasteiger charge is -2.30. The van der Waals surface area contributed by atoms with Crippen molar-refractivity contribution in [3.05, 3.63) is 28.8 Å². The maximum atomic E-state index is 6.14. The van der Waals surface area contributed by atoms with Crippen LogP contribution in [-0.4, -0.2) is 12.4 Å². The Labute approximate surface area is 117 Å². The molecule has 1 nitrogen and oxygen atoms in total. The molecule has 0 radical (unpaired) electrons. The molecule has 2 heteroatoms. The predicted octanol–water partition coefficient (Wildman–Crippen LogP) is 4.73. The monoisotopic (exact) mass is 266 g/mol. The van der Waals surface area contributed by atoms with Crippen molar-refractivity contribution in [3.8, 4) is 5.75 Å². The first-order valence-electron chi connectivity index (χ1n) is 6.80. The number of rotatable bonds is 6. The molecule has 1 rings (SSSR count). The second-order valence-corrected chi connectivity index (χ2v) is 5.62. The van der Waals surface area contributed by atoms with Gasteiger partial charge in [-0.25, -0.2) is 0 Å². The van der Waals surface area contributed by atoms with E-state index in [0.29, 0.717) is 0 Å².